The third-order valence-corrected chi connectivity index (χ3v) is 3.54. The quantitative estimate of drug-likeness (QED) is 0.900. The molecule has 1 aliphatic carbocycles. The number of aliphatic carboxylic acids is 1. The van der Waals surface area contributed by atoms with Gasteiger partial charge in [0.15, 0.2) is 0 Å². The van der Waals surface area contributed by atoms with Crippen LogP contribution in [0.1, 0.15) is 25.3 Å². The summed E-state index contributed by atoms with van der Waals surface area (Å²) in [5.41, 5.74) is 0.375. The Balaban J connectivity index is 2.23. The van der Waals surface area contributed by atoms with E-state index in [1.54, 1.807) is 12.1 Å². The summed E-state index contributed by atoms with van der Waals surface area (Å²) in [6.45, 7) is 0.844. The SMILES string of the molecule is CC1(C)[C@H](C(=O)O)[C@H]1c1cccc(OC(F)F)c1. The highest BCUT2D eigenvalue weighted by atomic mass is 19.3. The van der Waals surface area contributed by atoms with Crippen molar-refractivity contribution in [1.82, 2.24) is 0 Å². The molecule has 3 nitrogen and oxygen atoms in total. The molecule has 1 aromatic rings. The Morgan fingerprint density at radius 2 is 2.11 bits per heavy atom. The molecule has 18 heavy (non-hydrogen) atoms. The monoisotopic (exact) mass is 256 g/mol. The molecule has 5 heteroatoms. The number of ether oxygens (including phenoxy) is 1. The van der Waals surface area contributed by atoms with Gasteiger partial charge in [-0.3, -0.25) is 4.79 Å². The Hall–Kier alpha value is -1.65. The summed E-state index contributed by atoms with van der Waals surface area (Å²) >= 11 is 0. The van der Waals surface area contributed by atoms with E-state index in [-0.39, 0.29) is 17.1 Å². The van der Waals surface area contributed by atoms with Gasteiger partial charge < -0.3 is 9.84 Å². The van der Waals surface area contributed by atoms with Crippen LogP contribution in [0.3, 0.4) is 0 Å². The Labute approximate surface area is 103 Å². The molecule has 0 amide bonds. The van der Waals surface area contributed by atoms with Crippen LogP contribution in [-0.2, 0) is 4.79 Å². The zero-order valence-electron chi connectivity index (χ0n) is 10.1. The first-order valence-corrected chi connectivity index (χ1v) is 5.61. The van der Waals surface area contributed by atoms with E-state index in [1.165, 1.54) is 12.1 Å². The second-order valence-corrected chi connectivity index (χ2v) is 5.07. The van der Waals surface area contributed by atoms with E-state index in [0.29, 0.717) is 0 Å². The highest BCUT2D eigenvalue weighted by molar-refractivity contribution is 5.77. The Bertz CT molecular complexity index is 471. The maximum Gasteiger partial charge on any atom is 0.387 e. The van der Waals surface area contributed by atoms with E-state index in [2.05, 4.69) is 4.74 Å². The Morgan fingerprint density at radius 1 is 1.44 bits per heavy atom. The summed E-state index contributed by atoms with van der Waals surface area (Å²) in [5, 5.41) is 9.08. The van der Waals surface area contributed by atoms with Gasteiger partial charge in [-0.25, -0.2) is 0 Å². The summed E-state index contributed by atoms with van der Waals surface area (Å²) in [7, 11) is 0. The normalized spacial score (nSPS) is 24.9. The minimum Gasteiger partial charge on any atom is -0.481 e. The van der Waals surface area contributed by atoms with Crippen molar-refractivity contribution in [2.45, 2.75) is 26.4 Å². The average molecular weight is 256 g/mol. The van der Waals surface area contributed by atoms with Crippen LogP contribution in [0.4, 0.5) is 8.78 Å². The van der Waals surface area contributed by atoms with Crippen molar-refractivity contribution >= 4 is 5.97 Å². The van der Waals surface area contributed by atoms with Crippen LogP contribution in [0.5, 0.6) is 5.75 Å². The number of carbonyl (C=O) groups is 1. The van der Waals surface area contributed by atoms with Gasteiger partial charge in [0.05, 0.1) is 5.92 Å². The molecule has 0 bridgehead atoms. The number of benzene rings is 1. The van der Waals surface area contributed by atoms with Crippen LogP contribution in [0.25, 0.3) is 0 Å². The maximum atomic E-state index is 12.1. The van der Waals surface area contributed by atoms with Crippen molar-refractivity contribution in [1.29, 1.82) is 0 Å². The molecule has 0 heterocycles. The summed E-state index contributed by atoms with van der Waals surface area (Å²) in [4.78, 5) is 11.1. The number of hydrogen-bond acceptors (Lipinski definition) is 2. The van der Waals surface area contributed by atoms with Gasteiger partial charge in [0.1, 0.15) is 5.75 Å². The fourth-order valence-corrected chi connectivity index (χ4v) is 2.60. The van der Waals surface area contributed by atoms with Crippen LogP contribution in [-0.4, -0.2) is 17.7 Å². The van der Waals surface area contributed by atoms with E-state index in [4.69, 9.17) is 5.11 Å². The first kappa shape index (κ1) is 12.8. The molecular formula is C13H14F2O3. The predicted octanol–water partition coefficient (Wildman–Crippen LogP) is 3.11. The zero-order chi connectivity index (χ0) is 13.5. The largest absolute Gasteiger partial charge is 0.481 e. The van der Waals surface area contributed by atoms with Gasteiger partial charge in [-0.2, -0.15) is 8.78 Å². The summed E-state index contributed by atoms with van der Waals surface area (Å²) in [6, 6.07) is 6.26. The number of hydrogen-bond donors (Lipinski definition) is 1. The third kappa shape index (κ3) is 2.17. The summed E-state index contributed by atoms with van der Waals surface area (Å²) in [5.74, 6) is -1.42. The smallest absolute Gasteiger partial charge is 0.387 e. The van der Waals surface area contributed by atoms with Gasteiger partial charge in [-0.05, 0) is 23.1 Å². The average Bonchev–Trinajstić information content (AvgIpc) is 2.81. The first-order valence-electron chi connectivity index (χ1n) is 5.61. The molecule has 1 N–H and O–H groups in total. The molecule has 0 radical (unpaired) electrons. The second kappa shape index (κ2) is 4.23. The molecule has 2 atom stereocenters. The molecular weight excluding hydrogens is 242 g/mol. The molecule has 1 aromatic carbocycles. The van der Waals surface area contributed by atoms with Gasteiger partial charge in [0.25, 0.3) is 0 Å². The minimum absolute atomic E-state index is 0.0642. The molecule has 0 unspecified atom stereocenters. The van der Waals surface area contributed by atoms with Crippen LogP contribution < -0.4 is 4.74 Å². The maximum absolute atomic E-state index is 12.1. The standard InChI is InChI=1S/C13H14F2O3/c1-13(2)9(10(13)11(16)17)7-4-3-5-8(6-7)18-12(14)15/h3-6,9-10,12H,1-2H3,(H,16,17)/t9-,10+/m1/s1. The lowest BCUT2D eigenvalue weighted by Crippen LogP contribution is -2.03. The van der Waals surface area contributed by atoms with E-state index < -0.39 is 18.5 Å². The molecule has 0 spiro atoms. The second-order valence-electron chi connectivity index (χ2n) is 5.07. The fraction of sp³-hybridized carbons (Fsp3) is 0.462. The molecule has 0 aromatic heterocycles. The molecule has 1 aliphatic rings. The molecule has 2 rings (SSSR count). The molecule has 1 fully saturated rings. The number of rotatable bonds is 4. The molecule has 1 saturated carbocycles. The number of carboxylic acids is 1. The highest BCUT2D eigenvalue weighted by Gasteiger charge is 2.62. The fourth-order valence-electron chi connectivity index (χ4n) is 2.60. The zero-order valence-corrected chi connectivity index (χ0v) is 10.1. The first-order chi connectivity index (χ1) is 8.34. The lowest BCUT2D eigenvalue weighted by molar-refractivity contribution is -0.139. The van der Waals surface area contributed by atoms with Crippen LogP contribution >= 0.6 is 0 Å². The van der Waals surface area contributed by atoms with Gasteiger partial charge in [-0.15, -0.1) is 0 Å². The molecule has 98 valence electrons. The summed E-state index contributed by atoms with van der Waals surface area (Å²) < 4.78 is 28.5. The topological polar surface area (TPSA) is 46.5 Å². The predicted molar refractivity (Wildman–Crippen MR) is 60.7 cm³/mol. The third-order valence-electron chi connectivity index (χ3n) is 3.54. The highest BCUT2D eigenvalue weighted by Crippen LogP contribution is 2.64. The Morgan fingerprint density at radius 3 is 2.61 bits per heavy atom. The Kier molecular flexibility index (Phi) is 3.00. The van der Waals surface area contributed by atoms with Crippen molar-refractivity contribution in [3.63, 3.8) is 0 Å². The van der Waals surface area contributed by atoms with Gasteiger partial charge in [-0.1, -0.05) is 26.0 Å². The number of halogens is 2. The summed E-state index contributed by atoms with van der Waals surface area (Å²) in [6.07, 6.45) is 0. The number of carboxylic acid groups (broad SMARTS) is 1. The van der Waals surface area contributed by atoms with Crippen molar-refractivity contribution < 1.29 is 23.4 Å². The van der Waals surface area contributed by atoms with E-state index in [0.717, 1.165) is 5.56 Å². The van der Waals surface area contributed by atoms with Crippen molar-refractivity contribution in [2.75, 3.05) is 0 Å². The number of alkyl halides is 2. The van der Waals surface area contributed by atoms with Gasteiger partial charge >= 0.3 is 12.6 Å². The van der Waals surface area contributed by atoms with E-state index in [9.17, 15) is 13.6 Å². The van der Waals surface area contributed by atoms with Crippen molar-refractivity contribution in [3.05, 3.63) is 29.8 Å². The van der Waals surface area contributed by atoms with E-state index in [1.807, 2.05) is 13.8 Å². The van der Waals surface area contributed by atoms with Crippen molar-refractivity contribution in [3.8, 4) is 5.75 Å². The van der Waals surface area contributed by atoms with Gasteiger partial charge in [0.2, 0.25) is 0 Å². The van der Waals surface area contributed by atoms with Crippen LogP contribution in [0.2, 0.25) is 0 Å². The van der Waals surface area contributed by atoms with Gasteiger partial charge in [0, 0.05) is 5.92 Å². The van der Waals surface area contributed by atoms with Crippen LogP contribution in [0, 0.1) is 11.3 Å². The van der Waals surface area contributed by atoms with Crippen molar-refractivity contribution in [2.24, 2.45) is 11.3 Å². The molecule has 0 saturated heterocycles. The lowest BCUT2D eigenvalue weighted by Gasteiger charge is -2.07. The molecule has 0 aliphatic heterocycles. The van der Waals surface area contributed by atoms with E-state index >= 15 is 0 Å². The lowest BCUT2D eigenvalue weighted by atomic mass is 10.0. The minimum atomic E-state index is -2.87. The van der Waals surface area contributed by atoms with Crippen LogP contribution in [0.15, 0.2) is 24.3 Å².